The van der Waals surface area contributed by atoms with Gasteiger partial charge in [0.25, 0.3) is 0 Å². The molecule has 0 saturated heterocycles. The second kappa shape index (κ2) is 14.4. The van der Waals surface area contributed by atoms with Crippen LogP contribution in [0.1, 0.15) is 58.4 Å². The maximum Gasteiger partial charge on any atom is 0.341 e. The molecule has 0 spiro atoms. The van der Waals surface area contributed by atoms with Crippen LogP contribution in [0.2, 0.25) is 0 Å². The number of carbonyl (C=O) groups excluding carboxylic acids is 3. The van der Waals surface area contributed by atoms with Crippen molar-refractivity contribution in [2.75, 3.05) is 17.7 Å². The number of thiophene rings is 1. The summed E-state index contributed by atoms with van der Waals surface area (Å²) in [5.41, 5.74) is 2.92. The van der Waals surface area contributed by atoms with Crippen molar-refractivity contribution in [2.24, 2.45) is 0 Å². The molecule has 2 N–H and O–H groups in total. The number of fused-ring (bicyclic) bond motifs is 1. The molecule has 2 amide bonds. The molecule has 2 heterocycles. The second-order valence-electron chi connectivity index (χ2n) is 9.98. The quantitative estimate of drug-likeness (QED) is 0.129. The van der Waals surface area contributed by atoms with Crippen LogP contribution < -0.4 is 10.6 Å². The van der Waals surface area contributed by atoms with Crippen LogP contribution in [0.3, 0.4) is 0 Å². The van der Waals surface area contributed by atoms with Gasteiger partial charge in [0.1, 0.15) is 10.8 Å². The fourth-order valence-corrected chi connectivity index (χ4v) is 6.99. The molecule has 2 aromatic carbocycles. The van der Waals surface area contributed by atoms with Crippen LogP contribution in [0.4, 0.5) is 9.39 Å². The summed E-state index contributed by atoms with van der Waals surface area (Å²) in [4.78, 5) is 39.7. The zero-order valence-corrected chi connectivity index (χ0v) is 25.4. The number of hydrogen-bond donors (Lipinski definition) is 2. The Morgan fingerprint density at radius 1 is 1.00 bits per heavy atom. The number of esters is 1. The Morgan fingerprint density at radius 3 is 2.53 bits per heavy atom. The van der Waals surface area contributed by atoms with Gasteiger partial charge in [0, 0.05) is 10.6 Å². The molecule has 0 atom stereocenters. The minimum Gasteiger partial charge on any atom is -0.462 e. The number of ether oxygens (including phenoxy) is 1. The average Bonchev–Trinajstić information content (AvgIpc) is 3.48. The predicted octanol–water partition coefficient (Wildman–Crippen LogP) is 5.50. The summed E-state index contributed by atoms with van der Waals surface area (Å²) in [5.74, 6) is -0.874. The van der Waals surface area contributed by atoms with E-state index in [9.17, 15) is 18.8 Å². The van der Waals surface area contributed by atoms with E-state index in [4.69, 9.17) is 4.74 Å². The van der Waals surface area contributed by atoms with Crippen molar-refractivity contribution in [1.82, 2.24) is 20.1 Å². The van der Waals surface area contributed by atoms with Gasteiger partial charge in [-0.2, -0.15) is 0 Å². The van der Waals surface area contributed by atoms with Crippen LogP contribution in [0, 0.1) is 5.82 Å². The Bertz CT molecular complexity index is 1590. The van der Waals surface area contributed by atoms with E-state index in [1.807, 2.05) is 30.3 Å². The van der Waals surface area contributed by atoms with Crippen molar-refractivity contribution in [3.05, 3.63) is 87.8 Å². The Kier molecular flexibility index (Phi) is 10.2. The molecular formula is C31H32FN5O4S2. The maximum atomic E-state index is 13.7. The molecule has 2 aromatic heterocycles. The number of anilines is 1. The first-order valence-corrected chi connectivity index (χ1v) is 16.0. The van der Waals surface area contributed by atoms with E-state index in [1.165, 1.54) is 23.5 Å². The summed E-state index contributed by atoms with van der Waals surface area (Å²) in [5, 5.41) is 15.2. The molecule has 12 heteroatoms. The third-order valence-electron chi connectivity index (χ3n) is 6.92. The molecule has 43 heavy (non-hydrogen) atoms. The number of rotatable bonds is 11. The summed E-state index contributed by atoms with van der Waals surface area (Å²) in [6.45, 7) is 2.10. The van der Waals surface area contributed by atoms with Gasteiger partial charge < -0.3 is 15.4 Å². The molecule has 4 aromatic rings. The monoisotopic (exact) mass is 621 g/mol. The molecule has 5 rings (SSSR count). The van der Waals surface area contributed by atoms with Crippen molar-refractivity contribution in [3.63, 3.8) is 0 Å². The SMILES string of the molecule is CCOC(=O)c1c(NC(=O)CSc2nnc(CNC(=O)Cc3ccccc3)n2-c2ccc(F)cc2)sc2c1CCCCC2. The highest BCUT2D eigenvalue weighted by atomic mass is 32.2. The number of aromatic nitrogens is 3. The van der Waals surface area contributed by atoms with Gasteiger partial charge in [-0.25, -0.2) is 9.18 Å². The summed E-state index contributed by atoms with van der Waals surface area (Å²) in [7, 11) is 0. The number of nitrogens with zero attached hydrogens (tertiary/aromatic N) is 3. The average molecular weight is 622 g/mol. The first-order valence-electron chi connectivity index (χ1n) is 14.2. The number of hydrogen-bond acceptors (Lipinski definition) is 8. The number of carbonyl (C=O) groups is 3. The van der Waals surface area contributed by atoms with Crippen LogP contribution >= 0.6 is 23.1 Å². The number of halogens is 1. The van der Waals surface area contributed by atoms with E-state index in [0.717, 1.165) is 59.9 Å². The van der Waals surface area contributed by atoms with Crippen LogP contribution in [0.25, 0.3) is 5.69 Å². The number of nitrogens with one attached hydrogen (secondary N) is 2. The van der Waals surface area contributed by atoms with Gasteiger partial charge in [-0.3, -0.25) is 14.2 Å². The number of amides is 2. The molecule has 0 aliphatic heterocycles. The smallest absolute Gasteiger partial charge is 0.341 e. The lowest BCUT2D eigenvalue weighted by molar-refractivity contribution is -0.120. The summed E-state index contributed by atoms with van der Waals surface area (Å²) in [6.07, 6.45) is 5.03. The largest absolute Gasteiger partial charge is 0.462 e. The lowest BCUT2D eigenvalue weighted by atomic mass is 10.1. The maximum absolute atomic E-state index is 13.7. The molecule has 0 unspecified atom stereocenters. The molecule has 9 nitrogen and oxygen atoms in total. The lowest BCUT2D eigenvalue weighted by Gasteiger charge is -2.11. The van der Waals surface area contributed by atoms with Crippen molar-refractivity contribution < 1.29 is 23.5 Å². The van der Waals surface area contributed by atoms with Gasteiger partial charge in [-0.05, 0) is 68.0 Å². The number of benzene rings is 2. The van der Waals surface area contributed by atoms with Crippen LogP contribution in [0.5, 0.6) is 0 Å². The first-order chi connectivity index (χ1) is 20.9. The number of thioether (sulfide) groups is 1. The van der Waals surface area contributed by atoms with Crippen molar-refractivity contribution >= 4 is 45.9 Å². The summed E-state index contributed by atoms with van der Waals surface area (Å²) in [6, 6.07) is 15.2. The molecule has 224 valence electrons. The van der Waals surface area contributed by atoms with Crippen LogP contribution in [-0.4, -0.2) is 44.9 Å². The Balaban J connectivity index is 1.30. The van der Waals surface area contributed by atoms with Crippen LogP contribution in [-0.2, 0) is 40.1 Å². The molecule has 0 saturated carbocycles. The second-order valence-corrected chi connectivity index (χ2v) is 12.0. The van der Waals surface area contributed by atoms with Crippen LogP contribution in [0.15, 0.2) is 59.8 Å². The molecule has 1 aliphatic rings. The van der Waals surface area contributed by atoms with Gasteiger partial charge in [-0.15, -0.1) is 21.5 Å². The summed E-state index contributed by atoms with van der Waals surface area (Å²) >= 11 is 2.60. The highest BCUT2D eigenvalue weighted by Gasteiger charge is 2.27. The highest BCUT2D eigenvalue weighted by molar-refractivity contribution is 7.99. The molecular weight excluding hydrogens is 590 g/mol. The lowest BCUT2D eigenvalue weighted by Crippen LogP contribution is -2.26. The predicted molar refractivity (Wildman–Crippen MR) is 164 cm³/mol. The van der Waals surface area contributed by atoms with Gasteiger partial charge in [0.05, 0.1) is 30.9 Å². The first kappa shape index (κ1) is 30.4. The fraction of sp³-hybridized carbons (Fsp3) is 0.323. The van der Waals surface area contributed by atoms with Gasteiger partial charge >= 0.3 is 5.97 Å². The van der Waals surface area contributed by atoms with E-state index in [1.54, 1.807) is 23.6 Å². The van der Waals surface area contributed by atoms with E-state index >= 15 is 0 Å². The fourth-order valence-electron chi connectivity index (χ4n) is 4.92. The van der Waals surface area contributed by atoms with E-state index in [2.05, 4.69) is 20.8 Å². The minimum atomic E-state index is -0.417. The van der Waals surface area contributed by atoms with Gasteiger partial charge in [-0.1, -0.05) is 48.5 Å². The highest BCUT2D eigenvalue weighted by Crippen LogP contribution is 2.38. The standard InChI is InChI=1S/C31H32FN5O4S2/c1-2-41-30(40)28-23-11-7-4-8-12-24(23)43-29(28)34-27(39)19-42-31-36-35-25(37(31)22-15-13-21(32)14-16-22)18-33-26(38)17-20-9-5-3-6-10-20/h3,5-6,9-10,13-16H,2,4,7-8,11-12,17-19H2,1H3,(H,33,38)(H,34,39). The number of aryl methyl sites for hydroxylation is 1. The minimum absolute atomic E-state index is 0.00940. The summed E-state index contributed by atoms with van der Waals surface area (Å²) < 4.78 is 20.7. The van der Waals surface area contributed by atoms with E-state index in [-0.39, 0.29) is 37.1 Å². The van der Waals surface area contributed by atoms with Crippen molar-refractivity contribution in [2.45, 2.75) is 57.1 Å². The van der Waals surface area contributed by atoms with Crippen molar-refractivity contribution in [1.29, 1.82) is 0 Å². The van der Waals surface area contributed by atoms with Crippen molar-refractivity contribution in [3.8, 4) is 5.69 Å². The van der Waals surface area contributed by atoms with E-state index in [0.29, 0.717) is 27.2 Å². The zero-order valence-electron chi connectivity index (χ0n) is 23.7. The molecule has 0 radical (unpaired) electrons. The Morgan fingerprint density at radius 2 is 1.77 bits per heavy atom. The molecule has 0 fully saturated rings. The molecule has 1 aliphatic carbocycles. The Hall–Kier alpha value is -4.03. The van der Waals surface area contributed by atoms with Gasteiger partial charge in [0.2, 0.25) is 11.8 Å². The molecule has 0 bridgehead atoms. The van der Waals surface area contributed by atoms with E-state index < -0.39 is 11.8 Å². The zero-order chi connectivity index (χ0) is 30.2. The Labute approximate surface area is 257 Å². The topological polar surface area (TPSA) is 115 Å². The third-order valence-corrected chi connectivity index (χ3v) is 9.06. The normalized spacial score (nSPS) is 12.7. The third kappa shape index (κ3) is 7.68. The van der Waals surface area contributed by atoms with Gasteiger partial charge in [0.15, 0.2) is 11.0 Å².